The third-order valence-corrected chi connectivity index (χ3v) is 7.09. The van der Waals surface area contributed by atoms with Crippen LogP contribution in [0.5, 0.6) is 5.75 Å². The van der Waals surface area contributed by atoms with Crippen LogP contribution in [-0.4, -0.2) is 27.5 Å². The lowest BCUT2D eigenvalue weighted by Crippen LogP contribution is -2.38. The van der Waals surface area contributed by atoms with Gasteiger partial charge in [0.05, 0.1) is 17.2 Å². The number of para-hydroxylation sites is 2. The van der Waals surface area contributed by atoms with Crippen molar-refractivity contribution >= 4 is 38.9 Å². The van der Waals surface area contributed by atoms with Gasteiger partial charge in [-0.05, 0) is 75.2 Å². The summed E-state index contributed by atoms with van der Waals surface area (Å²) in [5, 5.41) is 3.30. The second-order valence-electron chi connectivity index (χ2n) is 7.69. The van der Waals surface area contributed by atoms with Crippen LogP contribution in [-0.2, 0) is 14.8 Å². The highest BCUT2D eigenvalue weighted by atomic mass is 35.5. The Morgan fingerprint density at radius 3 is 2.21 bits per heavy atom. The maximum Gasteiger partial charge on any atom is 0.264 e. The molecule has 33 heavy (non-hydrogen) atoms. The van der Waals surface area contributed by atoms with E-state index in [1.165, 1.54) is 24.3 Å². The fourth-order valence-corrected chi connectivity index (χ4v) is 5.22. The van der Waals surface area contributed by atoms with Gasteiger partial charge in [-0.3, -0.25) is 9.10 Å². The summed E-state index contributed by atoms with van der Waals surface area (Å²) in [6.45, 7) is 7.52. The van der Waals surface area contributed by atoms with Crippen LogP contribution >= 0.6 is 11.6 Å². The highest BCUT2D eigenvalue weighted by Gasteiger charge is 2.29. The van der Waals surface area contributed by atoms with E-state index in [0.29, 0.717) is 23.1 Å². The predicted molar refractivity (Wildman–Crippen MR) is 133 cm³/mol. The number of sulfonamides is 1. The Labute approximate surface area is 200 Å². The number of anilines is 2. The van der Waals surface area contributed by atoms with Gasteiger partial charge in [0.25, 0.3) is 10.0 Å². The number of ether oxygens (including phenoxy) is 1. The molecule has 1 N–H and O–H groups in total. The second kappa shape index (κ2) is 10.3. The first-order valence-electron chi connectivity index (χ1n) is 10.5. The Morgan fingerprint density at radius 2 is 1.61 bits per heavy atom. The van der Waals surface area contributed by atoms with Crippen LogP contribution in [0.4, 0.5) is 11.4 Å². The number of nitrogens with one attached hydrogen (secondary N) is 1. The van der Waals surface area contributed by atoms with Crippen LogP contribution in [0.2, 0.25) is 5.02 Å². The predicted octanol–water partition coefficient (Wildman–Crippen LogP) is 5.50. The topological polar surface area (TPSA) is 75.7 Å². The first-order chi connectivity index (χ1) is 15.6. The van der Waals surface area contributed by atoms with Crippen LogP contribution in [0.1, 0.15) is 23.6 Å². The van der Waals surface area contributed by atoms with Gasteiger partial charge in [-0.15, -0.1) is 0 Å². The molecule has 1 amide bonds. The van der Waals surface area contributed by atoms with Crippen molar-refractivity contribution in [1.82, 2.24) is 0 Å². The smallest absolute Gasteiger partial charge is 0.264 e. The molecule has 0 aliphatic rings. The van der Waals surface area contributed by atoms with E-state index in [9.17, 15) is 13.2 Å². The summed E-state index contributed by atoms with van der Waals surface area (Å²) in [6, 6.07) is 16.5. The molecular formula is C25H27ClN2O4S. The standard InChI is InChI=1S/C25H27ClN2O4S/c1-5-32-23-9-7-6-8-22(23)28(33(30,31)21-12-10-20(26)11-13-21)16-24(29)27-25-18(3)14-17(2)15-19(25)4/h6-15H,5,16H2,1-4H3,(H,27,29). The summed E-state index contributed by atoms with van der Waals surface area (Å²) in [5.74, 6) is -0.0954. The molecule has 0 aliphatic carbocycles. The number of halogens is 1. The number of nitrogens with zero attached hydrogens (tertiary/aromatic N) is 1. The largest absolute Gasteiger partial charge is 0.492 e. The maximum atomic E-state index is 13.6. The number of hydrogen-bond acceptors (Lipinski definition) is 4. The molecule has 0 aromatic heterocycles. The van der Waals surface area contributed by atoms with Crippen LogP contribution in [0.25, 0.3) is 0 Å². The van der Waals surface area contributed by atoms with Gasteiger partial charge in [-0.25, -0.2) is 8.42 Å². The molecular weight excluding hydrogens is 460 g/mol. The fourth-order valence-electron chi connectivity index (χ4n) is 3.66. The third-order valence-electron chi connectivity index (χ3n) is 5.06. The minimum atomic E-state index is -4.09. The van der Waals surface area contributed by atoms with Crippen molar-refractivity contribution in [2.24, 2.45) is 0 Å². The van der Waals surface area contributed by atoms with Gasteiger partial charge >= 0.3 is 0 Å². The Morgan fingerprint density at radius 1 is 1.00 bits per heavy atom. The van der Waals surface area contributed by atoms with Crippen molar-refractivity contribution in [3.05, 3.63) is 82.4 Å². The molecule has 8 heteroatoms. The zero-order valence-corrected chi connectivity index (χ0v) is 20.6. The first-order valence-corrected chi connectivity index (χ1v) is 12.3. The zero-order chi connectivity index (χ0) is 24.2. The average molecular weight is 487 g/mol. The van der Waals surface area contributed by atoms with Gasteiger partial charge in [0.15, 0.2) is 0 Å². The molecule has 6 nitrogen and oxygen atoms in total. The van der Waals surface area contributed by atoms with Gasteiger partial charge in [0.2, 0.25) is 5.91 Å². The van der Waals surface area contributed by atoms with Gasteiger partial charge in [-0.1, -0.05) is 41.4 Å². The quantitative estimate of drug-likeness (QED) is 0.456. The van der Waals surface area contributed by atoms with E-state index in [-0.39, 0.29) is 10.6 Å². The molecule has 0 fully saturated rings. The van der Waals surface area contributed by atoms with Crippen molar-refractivity contribution in [2.45, 2.75) is 32.6 Å². The van der Waals surface area contributed by atoms with E-state index < -0.39 is 22.5 Å². The third kappa shape index (κ3) is 5.67. The van der Waals surface area contributed by atoms with Gasteiger partial charge in [-0.2, -0.15) is 0 Å². The minimum absolute atomic E-state index is 0.0219. The summed E-state index contributed by atoms with van der Waals surface area (Å²) in [4.78, 5) is 13.1. The van der Waals surface area contributed by atoms with Crippen molar-refractivity contribution in [3.63, 3.8) is 0 Å². The number of rotatable bonds is 8. The molecule has 3 rings (SSSR count). The van der Waals surface area contributed by atoms with Gasteiger partial charge < -0.3 is 10.1 Å². The molecule has 174 valence electrons. The summed E-state index contributed by atoms with van der Waals surface area (Å²) in [5.41, 5.74) is 3.85. The molecule has 0 aliphatic heterocycles. The lowest BCUT2D eigenvalue weighted by atomic mass is 10.1. The Hall–Kier alpha value is -3.03. The monoisotopic (exact) mass is 486 g/mol. The highest BCUT2D eigenvalue weighted by molar-refractivity contribution is 7.92. The molecule has 0 saturated carbocycles. The van der Waals surface area contributed by atoms with E-state index >= 15 is 0 Å². The fraction of sp³-hybridized carbons (Fsp3) is 0.240. The van der Waals surface area contributed by atoms with Crippen LogP contribution in [0.3, 0.4) is 0 Å². The number of amides is 1. The van der Waals surface area contributed by atoms with Gasteiger partial charge in [0.1, 0.15) is 12.3 Å². The van der Waals surface area contributed by atoms with E-state index in [1.54, 1.807) is 24.3 Å². The van der Waals surface area contributed by atoms with E-state index in [1.807, 2.05) is 39.8 Å². The summed E-state index contributed by atoms with van der Waals surface area (Å²) < 4.78 is 34.0. The zero-order valence-electron chi connectivity index (χ0n) is 19.1. The van der Waals surface area contributed by atoms with E-state index in [2.05, 4.69) is 5.32 Å². The maximum absolute atomic E-state index is 13.6. The summed E-state index contributed by atoms with van der Waals surface area (Å²) in [7, 11) is -4.09. The van der Waals surface area contributed by atoms with Crippen LogP contribution < -0.4 is 14.4 Å². The average Bonchev–Trinajstić information content (AvgIpc) is 2.75. The Bertz CT molecular complexity index is 1230. The molecule has 0 atom stereocenters. The number of carbonyl (C=O) groups excluding carboxylic acids is 1. The summed E-state index contributed by atoms with van der Waals surface area (Å²) >= 11 is 5.95. The molecule has 0 heterocycles. The number of benzene rings is 3. The Balaban J connectivity index is 2.03. The molecule has 0 bridgehead atoms. The normalized spacial score (nSPS) is 11.2. The minimum Gasteiger partial charge on any atom is -0.492 e. The number of hydrogen-bond donors (Lipinski definition) is 1. The van der Waals surface area contributed by atoms with E-state index in [0.717, 1.165) is 21.0 Å². The second-order valence-corrected chi connectivity index (χ2v) is 9.99. The van der Waals surface area contributed by atoms with Crippen molar-refractivity contribution in [3.8, 4) is 5.75 Å². The van der Waals surface area contributed by atoms with Crippen LogP contribution in [0, 0.1) is 20.8 Å². The van der Waals surface area contributed by atoms with Crippen molar-refractivity contribution < 1.29 is 17.9 Å². The van der Waals surface area contributed by atoms with E-state index in [4.69, 9.17) is 16.3 Å². The molecule has 0 unspecified atom stereocenters. The lowest BCUT2D eigenvalue weighted by molar-refractivity contribution is -0.114. The molecule has 3 aromatic carbocycles. The van der Waals surface area contributed by atoms with Crippen molar-refractivity contribution in [1.29, 1.82) is 0 Å². The SMILES string of the molecule is CCOc1ccccc1N(CC(=O)Nc1c(C)cc(C)cc1C)S(=O)(=O)c1ccc(Cl)cc1. The van der Waals surface area contributed by atoms with Crippen LogP contribution in [0.15, 0.2) is 65.6 Å². The summed E-state index contributed by atoms with van der Waals surface area (Å²) in [6.07, 6.45) is 0. The molecule has 0 saturated heterocycles. The molecule has 0 radical (unpaired) electrons. The van der Waals surface area contributed by atoms with Gasteiger partial charge in [0, 0.05) is 10.7 Å². The Kier molecular flexibility index (Phi) is 7.66. The number of carbonyl (C=O) groups is 1. The van der Waals surface area contributed by atoms with Crippen molar-refractivity contribution in [2.75, 3.05) is 22.8 Å². The first kappa shape index (κ1) is 24.6. The highest BCUT2D eigenvalue weighted by Crippen LogP contribution is 2.33. The lowest BCUT2D eigenvalue weighted by Gasteiger charge is -2.26. The molecule has 3 aromatic rings. The number of aryl methyl sites for hydroxylation is 3. The molecule has 0 spiro atoms.